The van der Waals surface area contributed by atoms with Crippen molar-refractivity contribution >= 4 is 11.7 Å². The van der Waals surface area contributed by atoms with Crippen molar-refractivity contribution in [2.75, 3.05) is 44.3 Å². The normalized spacial score (nSPS) is 25.2. The number of fused-ring (bicyclic) bond motifs is 2. The van der Waals surface area contributed by atoms with Crippen LogP contribution in [0.15, 0.2) is 0 Å². The average Bonchev–Trinajstić information content (AvgIpc) is 3.24. The molecule has 0 radical (unpaired) electrons. The quantitative estimate of drug-likeness (QED) is 0.830. The molecule has 1 aromatic heterocycles. The van der Waals surface area contributed by atoms with Gasteiger partial charge in [-0.1, -0.05) is 0 Å². The Morgan fingerprint density at radius 1 is 1.17 bits per heavy atom. The summed E-state index contributed by atoms with van der Waals surface area (Å²) in [6.07, 6.45) is 3.39. The van der Waals surface area contributed by atoms with Crippen molar-refractivity contribution in [2.24, 2.45) is 11.8 Å². The van der Waals surface area contributed by atoms with E-state index in [0.29, 0.717) is 18.4 Å². The number of carbonyl (C=O) groups is 1. The number of hydrogen-bond acceptors (Lipinski definition) is 5. The van der Waals surface area contributed by atoms with E-state index in [-0.39, 0.29) is 12.5 Å². The van der Waals surface area contributed by atoms with Crippen LogP contribution in [0.5, 0.6) is 0 Å². The number of amides is 1. The molecule has 6 heteroatoms. The summed E-state index contributed by atoms with van der Waals surface area (Å²) in [4.78, 5) is 26.0. The van der Waals surface area contributed by atoms with E-state index in [9.17, 15) is 4.79 Å². The fourth-order valence-electron chi connectivity index (χ4n) is 4.45. The standard InChI is InChI=1S/C18H26N4O2/c1-3-24-11-17(23)21-7-13-9-22(10-14(13)8-21)18-15-5-4-6-16(15)19-12(2)20-18/h13-14H,3-11H2,1-2H3. The van der Waals surface area contributed by atoms with Gasteiger partial charge >= 0.3 is 0 Å². The van der Waals surface area contributed by atoms with Crippen molar-refractivity contribution < 1.29 is 9.53 Å². The molecule has 0 spiro atoms. The Labute approximate surface area is 143 Å². The molecule has 3 aliphatic rings. The summed E-state index contributed by atoms with van der Waals surface area (Å²) in [5.41, 5.74) is 2.62. The third-order valence-electron chi connectivity index (χ3n) is 5.59. The molecule has 130 valence electrons. The van der Waals surface area contributed by atoms with Gasteiger partial charge in [-0.25, -0.2) is 9.97 Å². The maximum atomic E-state index is 12.2. The zero-order chi connectivity index (χ0) is 16.7. The molecule has 24 heavy (non-hydrogen) atoms. The highest BCUT2D eigenvalue weighted by Gasteiger charge is 2.42. The number of aryl methyl sites for hydroxylation is 2. The molecule has 3 heterocycles. The summed E-state index contributed by atoms with van der Waals surface area (Å²) in [6.45, 7) is 8.46. The van der Waals surface area contributed by atoms with Crippen LogP contribution >= 0.6 is 0 Å². The summed E-state index contributed by atoms with van der Waals surface area (Å²) >= 11 is 0. The fourth-order valence-corrected chi connectivity index (χ4v) is 4.45. The second-order valence-electron chi connectivity index (χ2n) is 7.23. The highest BCUT2D eigenvalue weighted by atomic mass is 16.5. The molecule has 2 atom stereocenters. The molecule has 1 aliphatic carbocycles. The number of carbonyl (C=O) groups excluding carboxylic acids is 1. The summed E-state index contributed by atoms with van der Waals surface area (Å²) in [7, 11) is 0. The maximum Gasteiger partial charge on any atom is 0.248 e. The second-order valence-corrected chi connectivity index (χ2v) is 7.23. The van der Waals surface area contributed by atoms with Gasteiger partial charge in [-0.15, -0.1) is 0 Å². The van der Waals surface area contributed by atoms with Crippen LogP contribution in [-0.2, 0) is 22.4 Å². The van der Waals surface area contributed by atoms with Gasteiger partial charge in [0, 0.05) is 55.9 Å². The molecule has 2 fully saturated rings. The minimum atomic E-state index is 0.136. The summed E-state index contributed by atoms with van der Waals surface area (Å²) in [6, 6.07) is 0. The fraction of sp³-hybridized carbons (Fsp3) is 0.722. The van der Waals surface area contributed by atoms with Crippen molar-refractivity contribution in [3.05, 3.63) is 17.1 Å². The van der Waals surface area contributed by atoms with Gasteiger partial charge in [-0.3, -0.25) is 4.79 Å². The maximum absolute atomic E-state index is 12.2. The molecule has 0 aromatic carbocycles. The largest absolute Gasteiger partial charge is 0.372 e. The zero-order valence-electron chi connectivity index (χ0n) is 14.6. The van der Waals surface area contributed by atoms with E-state index in [0.717, 1.165) is 50.7 Å². The topological polar surface area (TPSA) is 58.6 Å². The predicted molar refractivity (Wildman–Crippen MR) is 91.1 cm³/mol. The second kappa shape index (κ2) is 6.31. The molecule has 2 aliphatic heterocycles. The average molecular weight is 330 g/mol. The number of hydrogen-bond donors (Lipinski definition) is 0. The van der Waals surface area contributed by atoms with Crippen LogP contribution in [0.4, 0.5) is 5.82 Å². The Bertz CT molecular complexity index is 634. The molecule has 0 N–H and O–H groups in total. The molecule has 1 aromatic rings. The number of rotatable bonds is 4. The first-order valence-electron chi connectivity index (χ1n) is 9.12. The molecule has 1 amide bonds. The van der Waals surface area contributed by atoms with Gasteiger partial charge in [-0.05, 0) is 33.1 Å². The van der Waals surface area contributed by atoms with Crippen molar-refractivity contribution in [2.45, 2.75) is 33.1 Å². The van der Waals surface area contributed by atoms with Crippen molar-refractivity contribution in [1.82, 2.24) is 14.9 Å². The highest BCUT2D eigenvalue weighted by Crippen LogP contribution is 2.37. The van der Waals surface area contributed by atoms with Crippen molar-refractivity contribution in [3.8, 4) is 0 Å². The molecule has 2 saturated heterocycles. The van der Waals surface area contributed by atoms with Gasteiger partial charge < -0.3 is 14.5 Å². The first kappa shape index (κ1) is 15.8. The molecular weight excluding hydrogens is 304 g/mol. The summed E-state index contributed by atoms with van der Waals surface area (Å²) in [5.74, 6) is 3.30. The summed E-state index contributed by atoms with van der Waals surface area (Å²) in [5, 5.41) is 0. The van der Waals surface area contributed by atoms with Crippen LogP contribution in [0.25, 0.3) is 0 Å². The van der Waals surface area contributed by atoms with Gasteiger partial charge in [0.05, 0.1) is 0 Å². The molecule has 4 rings (SSSR count). The molecular formula is C18H26N4O2. The van der Waals surface area contributed by atoms with Crippen LogP contribution in [0.2, 0.25) is 0 Å². The van der Waals surface area contributed by atoms with Crippen molar-refractivity contribution in [1.29, 1.82) is 0 Å². The predicted octanol–water partition coefficient (Wildman–Crippen LogP) is 1.20. The highest BCUT2D eigenvalue weighted by molar-refractivity contribution is 5.77. The smallest absolute Gasteiger partial charge is 0.248 e. The minimum Gasteiger partial charge on any atom is -0.372 e. The van der Waals surface area contributed by atoms with E-state index in [4.69, 9.17) is 9.72 Å². The number of anilines is 1. The zero-order valence-corrected chi connectivity index (χ0v) is 14.6. The lowest BCUT2D eigenvalue weighted by Gasteiger charge is -2.24. The number of ether oxygens (including phenoxy) is 1. The lowest BCUT2D eigenvalue weighted by molar-refractivity contribution is -0.135. The van der Waals surface area contributed by atoms with E-state index in [1.807, 2.05) is 18.7 Å². The Balaban J connectivity index is 1.44. The number of aromatic nitrogens is 2. The number of likely N-dealkylation sites (tertiary alicyclic amines) is 1. The Morgan fingerprint density at radius 2 is 1.92 bits per heavy atom. The van der Waals surface area contributed by atoms with Crippen LogP contribution in [-0.4, -0.2) is 60.2 Å². The first-order valence-corrected chi connectivity index (χ1v) is 9.12. The van der Waals surface area contributed by atoms with Gasteiger partial charge in [0.25, 0.3) is 0 Å². The third kappa shape index (κ3) is 2.77. The van der Waals surface area contributed by atoms with E-state index in [1.54, 1.807) is 0 Å². The van der Waals surface area contributed by atoms with Gasteiger partial charge in [-0.2, -0.15) is 0 Å². The number of nitrogens with zero attached hydrogens (tertiary/aromatic N) is 4. The lowest BCUT2D eigenvalue weighted by atomic mass is 10.0. The monoisotopic (exact) mass is 330 g/mol. The molecule has 0 saturated carbocycles. The third-order valence-corrected chi connectivity index (χ3v) is 5.59. The van der Waals surface area contributed by atoms with E-state index >= 15 is 0 Å². The molecule has 0 bridgehead atoms. The summed E-state index contributed by atoms with van der Waals surface area (Å²) < 4.78 is 5.27. The van der Waals surface area contributed by atoms with Gasteiger partial charge in [0.1, 0.15) is 18.2 Å². The van der Waals surface area contributed by atoms with E-state index < -0.39 is 0 Å². The van der Waals surface area contributed by atoms with Crippen LogP contribution < -0.4 is 4.90 Å². The first-order chi connectivity index (χ1) is 11.7. The molecule has 6 nitrogen and oxygen atoms in total. The SMILES string of the molecule is CCOCC(=O)N1CC2CN(c3nc(C)nc4c3CCC4)CC2C1. The van der Waals surface area contributed by atoms with Crippen molar-refractivity contribution in [3.63, 3.8) is 0 Å². The van der Waals surface area contributed by atoms with Crippen LogP contribution in [0.1, 0.15) is 30.4 Å². The van der Waals surface area contributed by atoms with E-state index in [2.05, 4.69) is 9.88 Å². The minimum absolute atomic E-state index is 0.136. The van der Waals surface area contributed by atoms with Gasteiger partial charge in [0.15, 0.2) is 0 Å². The van der Waals surface area contributed by atoms with Crippen LogP contribution in [0, 0.1) is 18.8 Å². The Morgan fingerprint density at radius 3 is 2.62 bits per heavy atom. The Hall–Kier alpha value is -1.69. The van der Waals surface area contributed by atoms with E-state index in [1.165, 1.54) is 17.7 Å². The Kier molecular flexibility index (Phi) is 4.16. The van der Waals surface area contributed by atoms with Crippen LogP contribution in [0.3, 0.4) is 0 Å². The lowest BCUT2D eigenvalue weighted by Crippen LogP contribution is -2.36. The van der Waals surface area contributed by atoms with Gasteiger partial charge in [0.2, 0.25) is 5.91 Å². The molecule has 2 unspecified atom stereocenters.